The molecular formula is C18H28BrN3O. The number of amides is 1. The van der Waals surface area contributed by atoms with Gasteiger partial charge in [0.05, 0.1) is 0 Å². The highest BCUT2D eigenvalue weighted by Crippen LogP contribution is 2.24. The van der Waals surface area contributed by atoms with Gasteiger partial charge >= 0.3 is 0 Å². The van der Waals surface area contributed by atoms with Crippen molar-refractivity contribution in [1.82, 2.24) is 15.8 Å². The topological polar surface area (TPSA) is 44.4 Å². The van der Waals surface area contributed by atoms with E-state index in [0.717, 1.165) is 49.7 Å². The van der Waals surface area contributed by atoms with Gasteiger partial charge in [-0.25, -0.2) is 10.9 Å². The third-order valence-electron chi connectivity index (χ3n) is 4.35. The Labute approximate surface area is 148 Å². The second kappa shape index (κ2) is 9.40. The lowest BCUT2D eigenvalue weighted by atomic mass is 10.0. The van der Waals surface area contributed by atoms with Crippen LogP contribution in [-0.4, -0.2) is 29.9 Å². The van der Waals surface area contributed by atoms with Gasteiger partial charge in [0.1, 0.15) is 6.04 Å². The maximum atomic E-state index is 12.8. The van der Waals surface area contributed by atoms with Crippen LogP contribution in [0.15, 0.2) is 28.7 Å². The van der Waals surface area contributed by atoms with E-state index in [-0.39, 0.29) is 18.0 Å². The Balaban J connectivity index is 1.94. The Hall–Kier alpha value is -0.910. The van der Waals surface area contributed by atoms with Crippen LogP contribution in [0.25, 0.3) is 0 Å². The van der Waals surface area contributed by atoms with Crippen LogP contribution in [0.1, 0.15) is 57.6 Å². The molecule has 1 aromatic rings. The van der Waals surface area contributed by atoms with Crippen molar-refractivity contribution in [1.29, 1.82) is 0 Å². The number of benzene rings is 1. The van der Waals surface area contributed by atoms with Crippen molar-refractivity contribution in [2.24, 2.45) is 0 Å². The number of unbranched alkanes of at least 4 members (excludes halogenated alkanes) is 2. The molecule has 1 saturated heterocycles. The molecule has 2 N–H and O–H groups in total. The minimum atomic E-state index is -0.127. The summed E-state index contributed by atoms with van der Waals surface area (Å²) in [5, 5.41) is 0. The largest absolute Gasteiger partial charge is 0.341 e. The number of hydrogen-bond donors (Lipinski definition) is 2. The lowest BCUT2D eigenvalue weighted by molar-refractivity contribution is -0.133. The Morgan fingerprint density at radius 1 is 1.13 bits per heavy atom. The zero-order valence-corrected chi connectivity index (χ0v) is 15.7. The highest BCUT2D eigenvalue weighted by molar-refractivity contribution is 9.10. The summed E-state index contributed by atoms with van der Waals surface area (Å²) < 4.78 is 1.07. The molecule has 1 heterocycles. The molecule has 1 aliphatic heterocycles. The van der Waals surface area contributed by atoms with Gasteiger partial charge in [-0.2, -0.15) is 0 Å². The van der Waals surface area contributed by atoms with Crippen molar-refractivity contribution in [3.8, 4) is 0 Å². The van der Waals surface area contributed by atoms with Gasteiger partial charge in [0.2, 0.25) is 5.91 Å². The summed E-state index contributed by atoms with van der Waals surface area (Å²) in [6.45, 7) is 6.08. The van der Waals surface area contributed by atoms with Crippen molar-refractivity contribution < 1.29 is 4.79 Å². The molecule has 0 saturated carbocycles. The normalized spacial score (nSPS) is 20.7. The van der Waals surface area contributed by atoms with Gasteiger partial charge in [-0.3, -0.25) is 4.79 Å². The van der Waals surface area contributed by atoms with Gasteiger partial charge < -0.3 is 4.90 Å². The minimum absolute atomic E-state index is 0.127. The first kappa shape index (κ1) is 18.4. The summed E-state index contributed by atoms with van der Waals surface area (Å²) in [7, 11) is 0. The number of rotatable bonds is 8. The van der Waals surface area contributed by atoms with Crippen molar-refractivity contribution in [3.63, 3.8) is 0 Å². The monoisotopic (exact) mass is 381 g/mol. The van der Waals surface area contributed by atoms with Gasteiger partial charge in [-0.15, -0.1) is 0 Å². The number of nitrogens with zero attached hydrogens (tertiary/aromatic N) is 1. The minimum Gasteiger partial charge on any atom is -0.341 e. The highest BCUT2D eigenvalue weighted by atomic mass is 79.9. The highest BCUT2D eigenvalue weighted by Gasteiger charge is 2.32. The van der Waals surface area contributed by atoms with Gasteiger partial charge in [0, 0.05) is 23.6 Å². The van der Waals surface area contributed by atoms with E-state index in [1.54, 1.807) is 0 Å². The smallest absolute Gasteiger partial charge is 0.241 e. The molecule has 5 heteroatoms. The van der Waals surface area contributed by atoms with E-state index < -0.39 is 0 Å². The molecule has 2 rings (SSSR count). The number of carbonyl (C=O) groups excluding carboxylic acids is 1. The van der Waals surface area contributed by atoms with E-state index >= 15 is 0 Å². The van der Waals surface area contributed by atoms with Gasteiger partial charge in [-0.1, -0.05) is 54.8 Å². The SMILES string of the molecule is CCCCN(CCCC)C(=O)C1CC(c2ccc(Br)cc2)NN1. The summed E-state index contributed by atoms with van der Waals surface area (Å²) in [5.41, 5.74) is 7.69. The molecule has 23 heavy (non-hydrogen) atoms. The lowest BCUT2D eigenvalue weighted by Gasteiger charge is -2.25. The van der Waals surface area contributed by atoms with Gasteiger partial charge in [0.15, 0.2) is 0 Å². The molecule has 128 valence electrons. The molecule has 0 bridgehead atoms. The van der Waals surface area contributed by atoms with Gasteiger partial charge in [-0.05, 0) is 37.0 Å². The number of carbonyl (C=O) groups is 1. The molecule has 2 atom stereocenters. The van der Waals surface area contributed by atoms with E-state index in [2.05, 4.69) is 52.8 Å². The molecule has 1 aromatic carbocycles. The first-order valence-corrected chi connectivity index (χ1v) is 9.50. The van der Waals surface area contributed by atoms with Crippen molar-refractivity contribution >= 4 is 21.8 Å². The van der Waals surface area contributed by atoms with Crippen molar-refractivity contribution in [2.75, 3.05) is 13.1 Å². The van der Waals surface area contributed by atoms with E-state index in [0.29, 0.717) is 0 Å². The van der Waals surface area contributed by atoms with E-state index in [9.17, 15) is 4.79 Å². The fourth-order valence-corrected chi connectivity index (χ4v) is 3.15. The van der Waals surface area contributed by atoms with E-state index in [4.69, 9.17) is 0 Å². The van der Waals surface area contributed by atoms with Crippen LogP contribution >= 0.6 is 15.9 Å². The van der Waals surface area contributed by atoms with Crippen LogP contribution < -0.4 is 10.9 Å². The summed E-state index contributed by atoms with van der Waals surface area (Å²) in [6.07, 6.45) is 5.19. The Kier molecular flexibility index (Phi) is 7.53. The molecule has 0 aliphatic carbocycles. The summed E-state index contributed by atoms with van der Waals surface area (Å²) in [5.74, 6) is 0.235. The van der Waals surface area contributed by atoms with Crippen LogP contribution in [-0.2, 0) is 4.79 Å². The maximum Gasteiger partial charge on any atom is 0.241 e. The van der Waals surface area contributed by atoms with Crippen LogP contribution in [0.5, 0.6) is 0 Å². The quantitative estimate of drug-likeness (QED) is 0.719. The first-order chi connectivity index (χ1) is 11.2. The third kappa shape index (κ3) is 5.30. The predicted octanol–water partition coefficient (Wildman–Crippen LogP) is 3.79. The average Bonchev–Trinajstić information content (AvgIpc) is 3.05. The predicted molar refractivity (Wildman–Crippen MR) is 98.0 cm³/mol. The number of halogens is 1. The summed E-state index contributed by atoms with van der Waals surface area (Å²) >= 11 is 3.46. The maximum absolute atomic E-state index is 12.8. The Bertz CT molecular complexity index is 484. The van der Waals surface area contributed by atoms with Crippen molar-refractivity contribution in [3.05, 3.63) is 34.3 Å². The van der Waals surface area contributed by atoms with Crippen LogP contribution in [0.3, 0.4) is 0 Å². The van der Waals surface area contributed by atoms with Crippen molar-refractivity contribution in [2.45, 2.75) is 58.0 Å². The molecule has 1 amide bonds. The summed E-state index contributed by atoms with van der Waals surface area (Å²) in [6, 6.07) is 8.35. The van der Waals surface area contributed by atoms with E-state index in [1.807, 2.05) is 17.0 Å². The number of hydrogen-bond acceptors (Lipinski definition) is 3. The second-order valence-corrected chi connectivity index (χ2v) is 7.13. The lowest BCUT2D eigenvalue weighted by Crippen LogP contribution is -2.46. The number of nitrogens with one attached hydrogen (secondary N) is 2. The fraction of sp³-hybridized carbons (Fsp3) is 0.611. The Morgan fingerprint density at radius 3 is 2.30 bits per heavy atom. The molecule has 1 fully saturated rings. The molecule has 4 nitrogen and oxygen atoms in total. The van der Waals surface area contributed by atoms with Crippen LogP contribution in [0.4, 0.5) is 0 Å². The zero-order valence-electron chi connectivity index (χ0n) is 14.1. The second-order valence-electron chi connectivity index (χ2n) is 6.21. The molecule has 1 aliphatic rings. The van der Waals surface area contributed by atoms with Gasteiger partial charge in [0.25, 0.3) is 0 Å². The molecule has 0 aromatic heterocycles. The standard InChI is InChI=1S/C18H28BrN3O/c1-3-5-11-22(12-6-4-2)18(23)17-13-16(20-21-17)14-7-9-15(19)10-8-14/h7-10,16-17,20-21H,3-6,11-13H2,1-2H3. The van der Waals surface area contributed by atoms with E-state index in [1.165, 1.54) is 5.56 Å². The molecule has 2 unspecified atom stereocenters. The first-order valence-electron chi connectivity index (χ1n) is 8.71. The molecule has 0 radical (unpaired) electrons. The molecule has 0 spiro atoms. The van der Waals surface area contributed by atoms with Crippen LogP contribution in [0.2, 0.25) is 0 Å². The molecular weight excluding hydrogens is 354 g/mol. The average molecular weight is 382 g/mol. The third-order valence-corrected chi connectivity index (χ3v) is 4.88. The fourth-order valence-electron chi connectivity index (χ4n) is 2.88. The van der Waals surface area contributed by atoms with Crippen LogP contribution in [0, 0.1) is 0 Å². The zero-order chi connectivity index (χ0) is 16.7. The summed E-state index contributed by atoms with van der Waals surface area (Å²) in [4.78, 5) is 14.8. The number of hydrazine groups is 1. The Morgan fingerprint density at radius 2 is 1.74 bits per heavy atom.